The van der Waals surface area contributed by atoms with Crippen LogP contribution in [0.2, 0.25) is 0 Å². The second-order valence-electron chi connectivity index (χ2n) is 4.34. The minimum Gasteiger partial charge on any atom is -0.399 e. The third-order valence-corrected chi connectivity index (χ3v) is 2.67. The highest BCUT2D eigenvalue weighted by Gasteiger charge is 2.06. The molecule has 1 aromatic carbocycles. The average molecular weight is 245 g/mol. The van der Waals surface area contributed by atoms with Crippen molar-refractivity contribution in [1.29, 1.82) is 0 Å². The molecule has 0 radical (unpaired) electrons. The molecule has 4 heteroatoms. The molecule has 94 valence electrons. The molecule has 0 aliphatic heterocycles. The molecule has 0 saturated carbocycles. The number of pyridine rings is 1. The van der Waals surface area contributed by atoms with Gasteiger partial charge in [0.1, 0.15) is 5.82 Å². The molecule has 0 aliphatic carbocycles. The number of aromatic nitrogens is 1. The van der Waals surface area contributed by atoms with E-state index in [4.69, 9.17) is 5.73 Å². The number of hydrogen-bond acceptors (Lipinski definition) is 3. The molecule has 18 heavy (non-hydrogen) atoms. The molecule has 2 aromatic rings. The summed E-state index contributed by atoms with van der Waals surface area (Å²) in [5, 5.41) is 0. The summed E-state index contributed by atoms with van der Waals surface area (Å²) in [7, 11) is 1.93. The average Bonchev–Trinajstić information content (AvgIpc) is 2.32. The normalized spacial score (nSPS) is 10.8. The first kappa shape index (κ1) is 12.5. The van der Waals surface area contributed by atoms with Gasteiger partial charge in [0, 0.05) is 30.5 Å². The lowest BCUT2D eigenvalue weighted by Gasteiger charge is -2.16. The molecule has 1 aromatic heterocycles. The van der Waals surface area contributed by atoms with Crippen molar-refractivity contribution < 1.29 is 4.39 Å². The Morgan fingerprint density at radius 3 is 2.72 bits per heavy atom. The van der Waals surface area contributed by atoms with Crippen LogP contribution in [0.25, 0.3) is 0 Å². The lowest BCUT2D eigenvalue weighted by atomic mass is 10.2. The van der Waals surface area contributed by atoms with Crippen molar-refractivity contribution >= 4 is 5.69 Å². The summed E-state index contributed by atoms with van der Waals surface area (Å²) in [4.78, 5) is 6.23. The van der Waals surface area contributed by atoms with Gasteiger partial charge in [-0.1, -0.05) is 18.2 Å². The molecule has 0 saturated heterocycles. The van der Waals surface area contributed by atoms with Gasteiger partial charge < -0.3 is 5.73 Å². The molecule has 2 rings (SSSR count). The lowest BCUT2D eigenvalue weighted by Crippen LogP contribution is -2.18. The summed E-state index contributed by atoms with van der Waals surface area (Å²) < 4.78 is 13.5. The van der Waals surface area contributed by atoms with Gasteiger partial charge in [-0.3, -0.25) is 9.88 Å². The van der Waals surface area contributed by atoms with Gasteiger partial charge in [-0.2, -0.15) is 0 Å². The highest BCUT2D eigenvalue weighted by molar-refractivity contribution is 5.37. The summed E-state index contributed by atoms with van der Waals surface area (Å²) in [6, 6.07) is 10.4. The number of halogens is 1. The summed E-state index contributed by atoms with van der Waals surface area (Å²) in [6.07, 6.45) is 1.68. The molecule has 0 bridgehead atoms. The second kappa shape index (κ2) is 5.60. The van der Waals surface area contributed by atoms with Gasteiger partial charge in [-0.05, 0) is 25.2 Å². The molecule has 3 nitrogen and oxygen atoms in total. The third kappa shape index (κ3) is 3.28. The highest BCUT2D eigenvalue weighted by Crippen LogP contribution is 2.11. The monoisotopic (exact) mass is 245 g/mol. The minimum atomic E-state index is -0.176. The van der Waals surface area contributed by atoms with Crippen LogP contribution in [0.4, 0.5) is 10.1 Å². The van der Waals surface area contributed by atoms with E-state index in [0.717, 1.165) is 5.69 Å². The lowest BCUT2D eigenvalue weighted by molar-refractivity contribution is 0.310. The molecule has 0 atom stereocenters. The Morgan fingerprint density at radius 1 is 1.22 bits per heavy atom. The van der Waals surface area contributed by atoms with Crippen LogP contribution < -0.4 is 5.73 Å². The predicted molar refractivity (Wildman–Crippen MR) is 70.2 cm³/mol. The van der Waals surface area contributed by atoms with E-state index in [0.29, 0.717) is 24.3 Å². The van der Waals surface area contributed by atoms with Crippen LogP contribution in [-0.2, 0) is 13.1 Å². The zero-order valence-electron chi connectivity index (χ0n) is 10.3. The van der Waals surface area contributed by atoms with Crippen LogP contribution in [0.1, 0.15) is 11.3 Å². The van der Waals surface area contributed by atoms with Gasteiger partial charge in [0.15, 0.2) is 0 Å². The Kier molecular flexibility index (Phi) is 3.89. The van der Waals surface area contributed by atoms with Gasteiger partial charge in [0.25, 0.3) is 0 Å². The molecule has 0 amide bonds. The van der Waals surface area contributed by atoms with Gasteiger partial charge in [-0.15, -0.1) is 0 Å². The molecular formula is C14H16FN3. The SMILES string of the molecule is CN(Cc1cc(N)ccn1)Cc1ccccc1F. The molecule has 0 spiro atoms. The van der Waals surface area contributed by atoms with Crippen LogP contribution in [0, 0.1) is 5.82 Å². The van der Waals surface area contributed by atoms with E-state index < -0.39 is 0 Å². The largest absolute Gasteiger partial charge is 0.399 e. The van der Waals surface area contributed by atoms with Crippen LogP contribution in [0.5, 0.6) is 0 Å². The van der Waals surface area contributed by atoms with E-state index in [1.807, 2.05) is 24.1 Å². The fraction of sp³-hybridized carbons (Fsp3) is 0.214. The number of benzene rings is 1. The van der Waals surface area contributed by atoms with Crippen molar-refractivity contribution in [2.75, 3.05) is 12.8 Å². The zero-order valence-corrected chi connectivity index (χ0v) is 10.3. The second-order valence-corrected chi connectivity index (χ2v) is 4.34. The van der Waals surface area contributed by atoms with Crippen molar-refractivity contribution in [3.63, 3.8) is 0 Å². The van der Waals surface area contributed by atoms with Crippen LogP contribution in [0.3, 0.4) is 0 Å². The van der Waals surface area contributed by atoms with Crippen molar-refractivity contribution in [3.05, 3.63) is 59.7 Å². The molecule has 0 aliphatic rings. The van der Waals surface area contributed by atoms with Crippen molar-refractivity contribution in [2.24, 2.45) is 0 Å². The maximum Gasteiger partial charge on any atom is 0.127 e. The Balaban J connectivity index is 2.01. The summed E-state index contributed by atoms with van der Waals surface area (Å²) in [5.74, 6) is -0.176. The Hall–Kier alpha value is -1.94. The van der Waals surface area contributed by atoms with Gasteiger partial charge in [0.05, 0.1) is 5.69 Å². The van der Waals surface area contributed by atoms with E-state index in [2.05, 4.69) is 4.98 Å². The number of nitrogens with two attached hydrogens (primary N) is 1. The first-order valence-corrected chi connectivity index (χ1v) is 5.77. The Labute approximate surface area is 106 Å². The van der Waals surface area contributed by atoms with Crippen molar-refractivity contribution in [3.8, 4) is 0 Å². The smallest absolute Gasteiger partial charge is 0.127 e. The number of nitrogens with zero attached hydrogens (tertiary/aromatic N) is 2. The first-order valence-electron chi connectivity index (χ1n) is 5.77. The quantitative estimate of drug-likeness (QED) is 0.899. The van der Waals surface area contributed by atoms with Crippen LogP contribution >= 0.6 is 0 Å². The van der Waals surface area contributed by atoms with Crippen molar-refractivity contribution in [2.45, 2.75) is 13.1 Å². The van der Waals surface area contributed by atoms with Crippen LogP contribution in [0.15, 0.2) is 42.6 Å². The van der Waals surface area contributed by atoms with Crippen LogP contribution in [-0.4, -0.2) is 16.9 Å². The van der Waals surface area contributed by atoms with E-state index in [1.165, 1.54) is 6.07 Å². The van der Waals surface area contributed by atoms with Crippen molar-refractivity contribution in [1.82, 2.24) is 9.88 Å². The number of hydrogen-bond donors (Lipinski definition) is 1. The summed E-state index contributed by atoms with van der Waals surface area (Å²) >= 11 is 0. The molecule has 1 heterocycles. The summed E-state index contributed by atoms with van der Waals surface area (Å²) in [5.41, 5.74) is 7.95. The number of rotatable bonds is 4. The Bertz CT molecular complexity index is 528. The van der Waals surface area contributed by atoms with Gasteiger partial charge in [0.2, 0.25) is 0 Å². The van der Waals surface area contributed by atoms with E-state index in [-0.39, 0.29) is 5.82 Å². The topological polar surface area (TPSA) is 42.1 Å². The highest BCUT2D eigenvalue weighted by atomic mass is 19.1. The zero-order chi connectivity index (χ0) is 13.0. The van der Waals surface area contributed by atoms with E-state index in [9.17, 15) is 4.39 Å². The first-order chi connectivity index (χ1) is 8.65. The van der Waals surface area contributed by atoms with E-state index >= 15 is 0 Å². The van der Waals surface area contributed by atoms with Gasteiger partial charge >= 0.3 is 0 Å². The standard InChI is InChI=1S/C14H16FN3/c1-18(9-11-4-2-3-5-14(11)15)10-13-8-12(16)6-7-17-13/h2-8H,9-10H2,1H3,(H2,16,17). The minimum absolute atomic E-state index is 0.176. The molecular weight excluding hydrogens is 229 g/mol. The fourth-order valence-corrected chi connectivity index (χ4v) is 1.83. The fourth-order valence-electron chi connectivity index (χ4n) is 1.83. The van der Waals surface area contributed by atoms with Gasteiger partial charge in [-0.25, -0.2) is 4.39 Å². The summed E-state index contributed by atoms with van der Waals surface area (Å²) in [6.45, 7) is 1.18. The van der Waals surface area contributed by atoms with E-state index in [1.54, 1.807) is 24.4 Å². The molecule has 2 N–H and O–H groups in total. The Morgan fingerprint density at radius 2 is 2.00 bits per heavy atom. The molecule has 0 unspecified atom stereocenters. The maximum atomic E-state index is 13.5. The maximum absolute atomic E-state index is 13.5. The number of nitrogen functional groups attached to an aromatic ring is 1. The number of anilines is 1. The predicted octanol–water partition coefficient (Wildman–Crippen LogP) is 2.43. The third-order valence-electron chi connectivity index (χ3n) is 2.67. The molecule has 0 fully saturated rings.